The summed E-state index contributed by atoms with van der Waals surface area (Å²) in [4.78, 5) is 24.7. The molecule has 4 aromatic rings. The van der Waals surface area contributed by atoms with Crippen LogP contribution < -0.4 is 14.8 Å². The standard InChI is InChI=1S/C22H22N6O4S2/c1-14-25-20(28-11-10-23-15(28)2)12-21(26-14)32-18-6-4-17(5-7-18)27-34(30,31)22-9-8-19(33-22)13-24-16(3)29/h4-12,27H,13H2,1-3H3,(H,24,29). The van der Waals surface area contributed by atoms with E-state index in [9.17, 15) is 13.2 Å². The number of hydrogen-bond acceptors (Lipinski definition) is 8. The number of aromatic nitrogens is 4. The van der Waals surface area contributed by atoms with Gasteiger partial charge in [-0.15, -0.1) is 11.3 Å². The third-order valence-electron chi connectivity index (χ3n) is 4.62. The number of hydrogen-bond donors (Lipinski definition) is 2. The highest BCUT2D eigenvalue weighted by molar-refractivity contribution is 7.94. The number of ether oxygens (including phenoxy) is 1. The summed E-state index contributed by atoms with van der Waals surface area (Å²) in [7, 11) is -3.76. The van der Waals surface area contributed by atoms with E-state index in [4.69, 9.17) is 4.74 Å². The lowest BCUT2D eigenvalue weighted by molar-refractivity contribution is -0.119. The van der Waals surface area contributed by atoms with Crippen molar-refractivity contribution in [3.63, 3.8) is 0 Å². The van der Waals surface area contributed by atoms with E-state index in [1.54, 1.807) is 55.7 Å². The molecule has 0 unspecified atom stereocenters. The number of rotatable bonds is 8. The third-order valence-corrected chi connectivity index (χ3v) is 7.57. The van der Waals surface area contributed by atoms with Gasteiger partial charge in [0.1, 0.15) is 27.4 Å². The number of benzene rings is 1. The lowest BCUT2D eigenvalue weighted by atomic mass is 10.3. The zero-order valence-electron chi connectivity index (χ0n) is 18.6. The molecule has 0 fully saturated rings. The minimum atomic E-state index is -3.76. The second-order valence-electron chi connectivity index (χ2n) is 7.32. The molecule has 0 aliphatic heterocycles. The molecule has 0 aliphatic carbocycles. The predicted molar refractivity (Wildman–Crippen MR) is 128 cm³/mol. The maximum atomic E-state index is 12.7. The monoisotopic (exact) mass is 498 g/mol. The number of aryl methyl sites for hydroxylation is 2. The topological polar surface area (TPSA) is 128 Å². The average Bonchev–Trinajstić information content (AvgIpc) is 3.42. The Morgan fingerprint density at radius 2 is 1.88 bits per heavy atom. The smallest absolute Gasteiger partial charge is 0.271 e. The summed E-state index contributed by atoms with van der Waals surface area (Å²) < 4.78 is 35.8. The van der Waals surface area contributed by atoms with Crippen molar-refractivity contribution in [2.75, 3.05) is 4.72 Å². The molecule has 4 rings (SSSR count). The first-order valence-electron chi connectivity index (χ1n) is 10.2. The summed E-state index contributed by atoms with van der Waals surface area (Å²) >= 11 is 1.10. The van der Waals surface area contributed by atoms with Crippen LogP contribution in [0.25, 0.3) is 5.82 Å². The van der Waals surface area contributed by atoms with Crippen molar-refractivity contribution < 1.29 is 17.9 Å². The molecule has 3 heterocycles. The summed E-state index contributed by atoms with van der Waals surface area (Å²) in [5, 5.41) is 2.65. The van der Waals surface area contributed by atoms with E-state index in [0.29, 0.717) is 29.0 Å². The summed E-state index contributed by atoms with van der Waals surface area (Å²) in [5.41, 5.74) is 0.387. The molecular formula is C22H22N6O4S2. The highest BCUT2D eigenvalue weighted by atomic mass is 32.2. The van der Waals surface area contributed by atoms with Crippen molar-refractivity contribution in [2.24, 2.45) is 0 Å². The Balaban J connectivity index is 1.45. The number of carbonyl (C=O) groups is 1. The summed E-state index contributed by atoms with van der Waals surface area (Å²) in [5.74, 6) is 2.63. The molecule has 0 saturated heterocycles. The molecule has 12 heteroatoms. The average molecular weight is 499 g/mol. The van der Waals surface area contributed by atoms with E-state index in [1.807, 2.05) is 11.5 Å². The van der Waals surface area contributed by atoms with Crippen molar-refractivity contribution in [1.82, 2.24) is 24.8 Å². The van der Waals surface area contributed by atoms with E-state index in [1.165, 1.54) is 13.0 Å². The van der Waals surface area contributed by atoms with E-state index in [0.717, 1.165) is 22.0 Å². The first-order chi connectivity index (χ1) is 16.2. The van der Waals surface area contributed by atoms with Crippen molar-refractivity contribution >= 4 is 33.0 Å². The molecule has 0 aliphatic rings. The van der Waals surface area contributed by atoms with Gasteiger partial charge in [0.2, 0.25) is 11.8 Å². The molecule has 3 aromatic heterocycles. The van der Waals surface area contributed by atoms with Crippen LogP contribution in [0.5, 0.6) is 11.6 Å². The molecule has 0 radical (unpaired) electrons. The van der Waals surface area contributed by atoms with Crippen LogP contribution in [0.1, 0.15) is 23.4 Å². The van der Waals surface area contributed by atoms with Crippen LogP contribution in [0.3, 0.4) is 0 Å². The number of thiophene rings is 1. The normalized spacial score (nSPS) is 11.3. The molecule has 0 bridgehead atoms. The SMILES string of the molecule is CC(=O)NCc1ccc(S(=O)(=O)Nc2ccc(Oc3cc(-n4ccnc4C)nc(C)n3)cc2)s1. The van der Waals surface area contributed by atoms with Crippen molar-refractivity contribution in [3.05, 3.63) is 71.4 Å². The first-order valence-corrected chi connectivity index (χ1v) is 12.5. The van der Waals surface area contributed by atoms with Gasteiger partial charge in [-0.2, -0.15) is 4.98 Å². The van der Waals surface area contributed by atoms with Gasteiger partial charge in [0.15, 0.2) is 0 Å². The fourth-order valence-corrected chi connectivity index (χ4v) is 5.40. The van der Waals surface area contributed by atoms with Crippen LogP contribution in [0.2, 0.25) is 0 Å². The van der Waals surface area contributed by atoms with Crippen LogP contribution in [0.15, 0.2) is 59.1 Å². The number of anilines is 1. The van der Waals surface area contributed by atoms with Gasteiger partial charge in [-0.05, 0) is 50.2 Å². The molecule has 1 aromatic carbocycles. The number of amides is 1. The third kappa shape index (κ3) is 5.58. The van der Waals surface area contributed by atoms with Gasteiger partial charge in [-0.3, -0.25) is 14.1 Å². The van der Waals surface area contributed by atoms with Crippen LogP contribution >= 0.6 is 11.3 Å². The molecule has 34 heavy (non-hydrogen) atoms. The number of nitrogens with one attached hydrogen (secondary N) is 2. The minimum Gasteiger partial charge on any atom is -0.439 e. The maximum Gasteiger partial charge on any atom is 0.271 e. The Morgan fingerprint density at radius 1 is 1.12 bits per heavy atom. The lowest BCUT2D eigenvalue weighted by Gasteiger charge is -2.10. The highest BCUT2D eigenvalue weighted by Gasteiger charge is 2.17. The molecule has 0 atom stereocenters. The molecule has 0 saturated carbocycles. The van der Waals surface area contributed by atoms with Crippen molar-refractivity contribution in [3.8, 4) is 17.4 Å². The lowest BCUT2D eigenvalue weighted by Crippen LogP contribution is -2.18. The molecular weight excluding hydrogens is 476 g/mol. The van der Waals surface area contributed by atoms with E-state index >= 15 is 0 Å². The number of sulfonamides is 1. The number of nitrogens with zero attached hydrogens (tertiary/aromatic N) is 4. The Labute approximate surface area is 200 Å². The molecule has 176 valence electrons. The first kappa shape index (κ1) is 23.4. The van der Waals surface area contributed by atoms with Gasteiger partial charge in [0.25, 0.3) is 10.0 Å². The van der Waals surface area contributed by atoms with Gasteiger partial charge >= 0.3 is 0 Å². The molecule has 1 amide bonds. The Hall–Kier alpha value is -3.77. The Kier molecular flexibility index (Phi) is 6.61. The van der Waals surface area contributed by atoms with Crippen molar-refractivity contribution in [2.45, 2.75) is 31.5 Å². The molecule has 2 N–H and O–H groups in total. The van der Waals surface area contributed by atoms with Gasteiger partial charge < -0.3 is 10.1 Å². The van der Waals surface area contributed by atoms with Crippen molar-refractivity contribution in [1.29, 1.82) is 0 Å². The Morgan fingerprint density at radius 3 is 2.56 bits per heavy atom. The number of imidazole rings is 1. The van der Waals surface area contributed by atoms with Crippen LogP contribution in [-0.2, 0) is 21.4 Å². The summed E-state index contributed by atoms with van der Waals surface area (Å²) in [6.45, 7) is 5.34. The van der Waals surface area contributed by atoms with Gasteiger partial charge in [0, 0.05) is 35.9 Å². The second kappa shape index (κ2) is 9.61. The van der Waals surface area contributed by atoms with Crippen LogP contribution in [0, 0.1) is 13.8 Å². The summed E-state index contributed by atoms with van der Waals surface area (Å²) in [6, 6.07) is 11.4. The van der Waals surface area contributed by atoms with Gasteiger partial charge in [-0.1, -0.05) is 0 Å². The zero-order chi connectivity index (χ0) is 24.3. The highest BCUT2D eigenvalue weighted by Crippen LogP contribution is 2.27. The quantitative estimate of drug-likeness (QED) is 0.380. The Bertz CT molecular complexity index is 1430. The van der Waals surface area contributed by atoms with Crippen LogP contribution in [0.4, 0.5) is 5.69 Å². The van der Waals surface area contributed by atoms with Gasteiger partial charge in [-0.25, -0.2) is 18.4 Å². The molecule has 0 spiro atoms. The predicted octanol–water partition coefficient (Wildman–Crippen LogP) is 3.57. The molecule has 10 nitrogen and oxygen atoms in total. The maximum absolute atomic E-state index is 12.7. The number of carbonyl (C=O) groups excluding carboxylic acids is 1. The zero-order valence-corrected chi connectivity index (χ0v) is 20.3. The largest absolute Gasteiger partial charge is 0.439 e. The van der Waals surface area contributed by atoms with Crippen LogP contribution in [-0.4, -0.2) is 33.8 Å². The fraction of sp³-hybridized carbons (Fsp3) is 0.182. The summed E-state index contributed by atoms with van der Waals surface area (Å²) in [6.07, 6.45) is 3.49. The second-order valence-corrected chi connectivity index (χ2v) is 10.4. The van der Waals surface area contributed by atoms with Gasteiger partial charge in [0.05, 0.1) is 6.54 Å². The van der Waals surface area contributed by atoms with E-state index in [2.05, 4.69) is 25.0 Å². The van der Waals surface area contributed by atoms with E-state index < -0.39 is 10.0 Å². The fourth-order valence-electron chi connectivity index (χ4n) is 3.05. The van der Waals surface area contributed by atoms with E-state index in [-0.39, 0.29) is 16.7 Å². The minimum absolute atomic E-state index is 0.159.